The number of nitrogens with one attached hydrogen (secondary N) is 2. The number of carbonyl (C=O) groups excluding carboxylic acids is 3. The topological polar surface area (TPSA) is 93.7 Å². The molecule has 0 radical (unpaired) electrons. The highest BCUT2D eigenvalue weighted by molar-refractivity contribution is 5.76. The summed E-state index contributed by atoms with van der Waals surface area (Å²) in [6.45, 7) is 14.2. The Kier molecular flexibility index (Phi) is 10.6. The van der Waals surface area contributed by atoms with Crippen molar-refractivity contribution in [2.45, 2.75) is 97.3 Å². The molecule has 0 aliphatic rings. The number of carbonyl (C=O) groups is 3. The van der Waals surface area contributed by atoms with Crippen LogP contribution in [0.4, 0.5) is 4.79 Å². The lowest BCUT2D eigenvalue weighted by Gasteiger charge is -2.30. The molecule has 0 aromatic carbocycles. The molecule has 0 atom stereocenters. The molecule has 7 nitrogen and oxygen atoms in total. The number of alkyl carbamates (subject to hydrolysis) is 1. The van der Waals surface area contributed by atoms with E-state index in [2.05, 4.69) is 10.6 Å². The Morgan fingerprint density at radius 1 is 1.00 bits per heavy atom. The minimum Gasteiger partial charge on any atom is -0.444 e. The summed E-state index contributed by atoms with van der Waals surface area (Å²) in [7, 11) is 0. The molecule has 0 rings (SSSR count). The first kappa shape index (κ1) is 25.4. The Labute approximate surface area is 163 Å². The Hall–Kier alpha value is -1.63. The van der Waals surface area contributed by atoms with Crippen LogP contribution in [-0.4, -0.2) is 48.2 Å². The molecular formula is C20H38N2O5. The number of unbranched alkanes of at least 4 members (excludes halogenated alkanes) is 1. The molecule has 7 heteroatoms. The maximum Gasteiger partial charge on any atom is 0.407 e. The van der Waals surface area contributed by atoms with Crippen molar-refractivity contribution in [3.63, 3.8) is 0 Å². The molecule has 0 heterocycles. The fourth-order valence-electron chi connectivity index (χ4n) is 2.28. The fraction of sp³-hybridized carbons (Fsp3) is 0.850. The minimum absolute atomic E-state index is 0.0531. The van der Waals surface area contributed by atoms with Crippen molar-refractivity contribution >= 4 is 18.3 Å². The molecule has 0 aromatic heterocycles. The Morgan fingerprint density at radius 2 is 1.63 bits per heavy atom. The zero-order valence-electron chi connectivity index (χ0n) is 18.1. The van der Waals surface area contributed by atoms with Gasteiger partial charge >= 0.3 is 6.09 Å². The van der Waals surface area contributed by atoms with Gasteiger partial charge < -0.3 is 24.9 Å². The van der Waals surface area contributed by atoms with Crippen molar-refractivity contribution in [3.8, 4) is 0 Å². The molecule has 0 bridgehead atoms. The molecule has 0 saturated heterocycles. The van der Waals surface area contributed by atoms with Gasteiger partial charge in [-0.15, -0.1) is 0 Å². The molecule has 0 aromatic rings. The fourth-order valence-corrected chi connectivity index (χ4v) is 2.28. The molecule has 2 amide bonds. The molecule has 0 saturated carbocycles. The first-order valence-electron chi connectivity index (χ1n) is 9.62. The van der Waals surface area contributed by atoms with E-state index >= 15 is 0 Å². The van der Waals surface area contributed by atoms with Crippen LogP contribution in [0, 0.1) is 0 Å². The lowest BCUT2D eigenvalue weighted by atomic mass is 10.00. The lowest BCUT2D eigenvalue weighted by Crippen LogP contribution is -2.44. The standard InChI is InChI=1S/C20H38N2O5/c1-18(2,3)27-17(25)21-13-11-20(6,7)26-15-12-19(4,5)22-16(24)10-8-9-14-23/h14H,8-13,15H2,1-7H3,(H,21,25)(H,22,24). The number of amides is 2. The number of hydrogen-bond donors (Lipinski definition) is 2. The van der Waals surface area contributed by atoms with Crippen molar-refractivity contribution in [2.24, 2.45) is 0 Å². The van der Waals surface area contributed by atoms with Crippen LogP contribution in [0.3, 0.4) is 0 Å². The van der Waals surface area contributed by atoms with Gasteiger partial charge in [0.1, 0.15) is 11.9 Å². The monoisotopic (exact) mass is 386 g/mol. The van der Waals surface area contributed by atoms with Gasteiger partial charge in [-0.2, -0.15) is 0 Å². The number of rotatable bonds is 12. The third kappa shape index (κ3) is 15.2. The molecule has 2 N–H and O–H groups in total. The molecular weight excluding hydrogens is 348 g/mol. The van der Waals surface area contributed by atoms with Gasteiger partial charge in [0.15, 0.2) is 0 Å². The van der Waals surface area contributed by atoms with Gasteiger partial charge in [0, 0.05) is 31.5 Å². The highest BCUT2D eigenvalue weighted by Gasteiger charge is 2.24. The minimum atomic E-state index is -0.515. The van der Waals surface area contributed by atoms with Crippen molar-refractivity contribution in [3.05, 3.63) is 0 Å². The highest BCUT2D eigenvalue weighted by atomic mass is 16.6. The maximum absolute atomic E-state index is 11.9. The van der Waals surface area contributed by atoms with E-state index in [0.29, 0.717) is 45.3 Å². The smallest absolute Gasteiger partial charge is 0.407 e. The predicted octanol–water partition coefficient (Wildman–Crippen LogP) is 3.35. The summed E-state index contributed by atoms with van der Waals surface area (Å²) < 4.78 is 11.1. The molecule has 0 unspecified atom stereocenters. The van der Waals surface area contributed by atoms with Crippen LogP contribution in [0.15, 0.2) is 0 Å². The van der Waals surface area contributed by atoms with Crippen LogP contribution in [-0.2, 0) is 19.1 Å². The Bertz CT molecular complexity index is 481. The molecule has 0 aliphatic heterocycles. The maximum atomic E-state index is 11.9. The van der Waals surface area contributed by atoms with Crippen molar-refractivity contribution in [2.75, 3.05) is 13.2 Å². The van der Waals surface area contributed by atoms with E-state index in [4.69, 9.17) is 9.47 Å². The number of aldehydes is 1. The second-order valence-corrected chi connectivity index (χ2v) is 9.03. The van der Waals surface area contributed by atoms with Gasteiger partial charge in [0.05, 0.1) is 5.60 Å². The highest BCUT2D eigenvalue weighted by Crippen LogP contribution is 2.17. The van der Waals surface area contributed by atoms with Crippen molar-refractivity contribution in [1.82, 2.24) is 10.6 Å². The van der Waals surface area contributed by atoms with E-state index in [9.17, 15) is 14.4 Å². The van der Waals surface area contributed by atoms with E-state index in [0.717, 1.165) is 6.29 Å². The van der Waals surface area contributed by atoms with Crippen molar-refractivity contribution < 1.29 is 23.9 Å². The van der Waals surface area contributed by atoms with E-state index in [1.54, 1.807) is 0 Å². The second kappa shape index (κ2) is 11.3. The summed E-state index contributed by atoms with van der Waals surface area (Å²) in [5, 5.41) is 5.70. The molecule has 0 fully saturated rings. The van der Waals surface area contributed by atoms with E-state index in [1.165, 1.54) is 0 Å². The summed E-state index contributed by atoms with van der Waals surface area (Å²) in [5.74, 6) is -0.0531. The molecule has 27 heavy (non-hydrogen) atoms. The second-order valence-electron chi connectivity index (χ2n) is 9.03. The third-order valence-corrected chi connectivity index (χ3v) is 3.82. The van der Waals surface area contributed by atoms with Gasteiger partial charge in [-0.1, -0.05) is 0 Å². The van der Waals surface area contributed by atoms with Crippen LogP contribution in [0.5, 0.6) is 0 Å². The summed E-state index contributed by atoms with van der Waals surface area (Å²) in [6, 6.07) is 0. The first-order chi connectivity index (χ1) is 12.3. The van der Waals surface area contributed by atoms with Gasteiger partial charge in [0.25, 0.3) is 0 Å². The summed E-state index contributed by atoms with van der Waals surface area (Å²) in [6.07, 6.45) is 3.02. The van der Waals surface area contributed by atoms with Gasteiger partial charge in [-0.25, -0.2) is 4.79 Å². The van der Waals surface area contributed by atoms with Crippen LogP contribution in [0.1, 0.15) is 80.6 Å². The van der Waals surface area contributed by atoms with Crippen LogP contribution in [0.25, 0.3) is 0 Å². The van der Waals surface area contributed by atoms with Gasteiger partial charge in [0.2, 0.25) is 5.91 Å². The van der Waals surface area contributed by atoms with Crippen LogP contribution >= 0.6 is 0 Å². The molecule has 0 aliphatic carbocycles. The average Bonchev–Trinajstić information content (AvgIpc) is 2.44. The number of ether oxygens (including phenoxy) is 2. The lowest BCUT2D eigenvalue weighted by molar-refractivity contribution is -0.123. The quantitative estimate of drug-likeness (QED) is 0.396. The van der Waals surface area contributed by atoms with Crippen molar-refractivity contribution in [1.29, 1.82) is 0 Å². The Balaban J connectivity index is 4.12. The van der Waals surface area contributed by atoms with E-state index in [1.807, 2.05) is 48.5 Å². The summed E-state index contributed by atoms with van der Waals surface area (Å²) in [5.41, 5.74) is -1.30. The number of hydrogen-bond acceptors (Lipinski definition) is 5. The van der Waals surface area contributed by atoms with E-state index < -0.39 is 17.3 Å². The third-order valence-electron chi connectivity index (χ3n) is 3.82. The summed E-state index contributed by atoms with van der Waals surface area (Å²) >= 11 is 0. The molecule has 158 valence electrons. The van der Waals surface area contributed by atoms with Crippen LogP contribution in [0.2, 0.25) is 0 Å². The zero-order chi connectivity index (χ0) is 21.1. The Morgan fingerprint density at radius 3 is 2.19 bits per heavy atom. The average molecular weight is 387 g/mol. The zero-order valence-corrected chi connectivity index (χ0v) is 18.1. The summed E-state index contributed by atoms with van der Waals surface area (Å²) in [4.78, 5) is 33.8. The largest absolute Gasteiger partial charge is 0.444 e. The van der Waals surface area contributed by atoms with Gasteiger partial charge in [-0.05, 0) is 67.7 Å². The predicted molar refractivity (Wildman–Crippen MR) is 106 cm³/mol. The first-order valence-corrected chi connectivity index (χ1v) is 9.62. The van der Waals surface area contributed by atoms with E-state index in [-0.39, 0.29) is 11.4 Å². The van der Waals surface area contributed by atoms with Gasteiger partial charge in [-0.3, -0.25) is 4.79 Å². The normalized spacial score (nSPS) is 12.4. The molecule has 0 spiro atoms. The SMILES string of the molecule is CC(C)(CCOC(C)(C)CCNC(=O)OC(C)(C)C)NC(=O)CCCC=O. The van der Waals surface area contributed by atoms with Crippen LogP contribution < -0.4 is 10.6 Å².